The van der Waals surface area contributed by atoms with Gasteiger partial charge in [0.2, 0.25) is 0 Å². The van der Waals surface area contributed by atoms with Gasteiger partial charge in [0.05, 0.1) is 22.7 Å². The Morgan fingerprint density at radius 3 is 1.19 bits per heavy atom. The molecule has 19 rings (SSSR count). The van der Waals surface area contributed by atoms with Gasteiger partial charge in [-0.15, -0.1) is 0 Å². The fourth-order valence-corrected chi connectivity index (χ4v) is 14.6. The summed E-state index contributed by atoms with van der Waals surface area (Å²) in [6.07, 6.45) is 0. The minimum atomic E-state index is -0.398. The average Bonchev–Trinajstić information content (AvgIpc) is 0.716. The average molecular weight is 1140 g/mol. The first-order chi connectivity index (χ1) is 44.2. The monoisotopic (exact) mass is 1140 g/mol. The zero-order valence-electron chi connectivity index (χ0n) is 47.8. The molecule has 0 N–H and O–H groups in total. The Hall–Kier alpha value is -11.8. The molecule has 0 saturated carbocycles. The standard InChI is InChI=1S/C78H49B2N5O4/c1-7-25-50(26-8-1)81(51-27-9-2-10-28-51)56-43-66-74-71(45-56)87-70-49-65-59(47-60(70)79(74)58-37-19-20-38-62(58)83(66)54-33-15-5-16-34-54)80-61-48-73-76-78(88-69-42-24-22-40-64(69)85(76)63-39-21-23-41-68(63)86-73)77(61)89-72-46-57(44-67(75(72)80)84(65)55-35-17-6-18-36-55)82(52-29-11-3-12-30-52)53-31-13-4-14-32-53/h1-49H. The minimum Gasteiger partial charge on any atom is -0.458 e. The van der Waals surface area contributed by atoms with Gasteiger partial charge in [0.1, 0.15) is 22.9 Å². The van der Waals surface area contributed by atoms with E-state index in [2.05, 4.69) is 297 Å². The second-order valence-electron chi connectivity index (χ2n) is 23.1. The van der Waals surface area contributed by atoms with Crippen LogP contribution in [0.1, 0.15) is 0 Å². The highest BCUT2D eigenvalue weighted by molar-refractivity contribution is 7.02. The first-order valence-electron chi connectivity index (χ1n) is 30.2. The Labute approximate surface area is 515 Å². The lowest BCUT2D eigenvalue weighted by atomic mass is 9.31. The number of anilines is 15. The summed E-state index contributed by atoms with van der Waals surface area (Å²) in [5.41, 5.74) is 21.1. The van der Waals surface area contributed by atoms with Crippen LogP contribution in [-0.2, 0) is 0 Å². The van der Waals surface area contributed by atoms with Crippen LogP contribution in [0.3, 0.4) is 0 Å². The van der Waals surface area contributed by atoms with Gasteiger partial charge in [0.15, 0.2) is 28.7 Å². The summed E-state index contributed by atoms with van der Waals surface area (Å²) >= 11 is 0. The molecule has 89 heavy (non-hydrogen) atoms. The number of benzene rings is 13. The van der Waals surface area contributed by atoms with E-state index in [4.69, 9.17) is 18.9 Å². The van der Waals surface area contributed by atoms with E-state index < -0.39 is 6.71 Å². The zero-order valence-corrected chi connectivity index (χ0v) is 47.8. The summed E-state index contributed by atoms with van der Waals surface area (Å²) in [5, 5.41) is 0. The van der Waals surface area contributed by atoms with E-state index in [1.807, 2.05) is 24.3 Å². The molecular formula is C78H49B2N5O4. The van der Waals surface area contributed by atoms with Crippen molar-refractivity contribution in [2.24, 2.45) is 0 Å². The molecule has 6 aliphatic heterocycles. The van der Waals surface area contributed by atoms with Crippen LogP contribution in [-0.4, -0.2) is 13.4 Å². The Kier molecular flexibility index (Phi) is 10.8. The second-order valence-corrected chi connectivity index (χ2v) is 23.1. The van der Waals surface area contributed by atoms with Crippen molar-refractivity contribution in [2.45, 2.75) is 0 Å². The van der Waals surface area contributed by atoms with Crippen LogP contribution in [0, 0.1) is 0 Å². The van der Waals surface area contributed by atoms with Gasteiger partial charge in [-0.05, 0) is 154 Å². The fraction of sp³-hybridized carbons (Fsp3) is 0. The molecule has 6 aliphatic rings. The molecular weight excluding hydrogens is 1090 g/mol. The summed E-state index contributed by atoms with van der Waals surface area (Å²) in [5.74, 6) is 5.67. The van der Waals surface area contributed by atoms with E-state index in [0.717, 1.165) is 141 Å². The molecule has 0 unspecified atom stereocenters. The van der Waals surface area contributed by atoms with Crippen molar-refractivity contribution in [1.29, 1.82) is 0 Å². The van der Waals surface area contributed by atoms with Crippen LogP contribution >= 0.6 is 0 Å². The molecule has 0 aliphatic carbocycles. The van der Waals surface area contributed by atoms with Crippen molar-refractivity contribution < 1.29 is 18.9 Å². The van der Waals surface area contributed by atoms with E-state index >= 15 is 0 Å². The molecule has 6 heterocycles. The topological polar surface area (TPSA) is 53.1 Å². The Bertz CT molecular complexity index is 4940. The molecule has 0 radical (unpaired) electrons. The van der Waals surface area contributed by atoms with E-state index in [9.17, 15) is 0 Å². The fourth-order valence-electron chi connectivity index (χ4n) is 14.6. The van der Waals surface area contributed by atoms with Gasteiger partial charge in [-0.2, -0.15) is 0 Å². The maximum absolute atomic E-state index is 7.72. The highest BCUT2D eigenvalue weighted by Crippen LogP contribution is 2.63. The third-order valence-corrected chi connectivity index (χ3v) is 18.2. The number of ether oxygens (including phenoxy) is 4. The minimum absolute atomic E-state index is 0.239. The lowest BCUT2D eigenvalue weighted by Crippen LogP contribution is -2.63. The van der Waals surface area contributed by atoms with Crippen LogP contribution in [0.2, 0.25) is 0 Å². The van der Waals surface area contributed by atoms with E-state index in [0.29, 0.717) is 17.2 Å². The van der Waals surface area contributed by atoms with Crippen molar-refractivity contribution in [3.63, 3.8) is 0 Å². The van der Waals surface area contributed by atoms with Crippen molar-refractivity contribution >= 4 is 132 Å². The summed E-state index contributed by atoms with van der Waals surface area (Å²) in [6.45, 7) is -0.637. The Morgan fingerprint density at radius 1 is 0.236 bits per heavy atom. The SMILES string of the molecule is c1ccc(N(c2ccccc2)c2cc3c4c(c2)N(c2ccccc2)c2ccccc2B4c2cc4c(cc2O3)N(c2ccccc2)c2cc(N(c3ccccc3)c3ccccc3)cc3c2B4c2cc4c5c(c2O3)Oc2ccccc2N5c2ccccc2O4)cc1. The first kappa shape index (κ1) is 49.5. The zero-order chi connectivity index (χ0) is 58.3. The van der Waals surface area contributed by atoms with Crippen LogP contribution in [0.15, 0.2) is 297 Å². The molecule has 11 heteroatoms. The summed E-state index contributed by atoms with van der Waals surface area (Å²) in [6, 6.07) is 105. The molecule has 13 aromatic rings. The van der Waals surface area contributed by atoms with Gasteiger partial charge in [-0.1, -0.05) is 158 Å². The molecule has 9 nitrogen and oxygen atoms in total. The van der Waals surface area contributed by atoms with Gasteiger partial charge >= 0.3 is 0 Å². The highest BCUT2D eigenvalue weighted by Gasteiger charge is 2.50. The summed E-state index contributed by atoms with van der Waals surface area (Å²) in [7, 11) is 0. The smallest absolute Gasteiger partial charge is 0.256 e. The van der Waals surface area contributed by atoms with Gasteiger partial charge < -0.3 is 38.5 Å². The lowest BCUT2D eigenvalue weighted by Gasteiger charge is -2.44. The molecule has 0 fully saturated rings. The molecule has 13 aromatic carbocycles. The molecule has 0 saturated heterocycles. The van der Waals surface area contributed by atoms with Gasteiger partial charge in [0, 0.05) is 75.1 Å². The number of rotatable bonds is 8. The van der Waals surface area contributed by atoms with E-state index in [1.165, 1.54) is 5.46 Å². The largest absolute Gasteiger partial charge is 0.458 e. The van der Waals surface area contributed by atoms with E-state index in [1.54, 1.807) is 0 Å². The quantitative estimate of drug-likeness (QED) is 0.139. The maximum atomic E-state index is 7.72. The summed E-state index contributed by atoms with van der Waals surface area (Å²) < 4.78 is 29.7. The molecule has 0 aromatic heterocycles. The second kappa shape index (κ2) is 19.4. The number of hydrogen-bond acceptors (Lipinski definition) is 9. The molecule has 0 bridgehead atoms. The van der Waals surface area contributed by atoms with Gasteiger partial charge in [-0.25, -0.2) is 0 Å². The number of nitrogens with zero attached hydrogens (tertiary/aromatic N) is 5. The van der Waals surface area contributed by atoms with Crippen molar-refractivity contribution in [3.8, 4) is 46.0 Å². The van der Waals surface area contributed by atoms with Crippen molar-refractivity contribution in [3.05, 3.63) is 297 Å². The third-order valence-electron chi connectivity index (χ3n) is 18.2. The van der Waals surface area contributed by atoms with Crippen LogP contribution in [0.5, 0.6) is 46.0 Å². The van der Waals surface area contributed by atoms with Crippen LogP contribution in [0.4, 0.5) is 85.3 Å². The Balaban J connectivity index is 0.897. The van der Waals surface area contributed by atoms with E-state index in [-0.39, 0.29) is 6.71 Å². The number of hydrogen-bond donors (Lipinski definition) is 0. The highest BCUT2D eigenvalue weighted by atomic mass is 16.5. The molecule has 0 amide bonds. The van der Waals surface area contributed by atoms with Crippen LogP contribution < -0.4 is 76.2 Å². The number of fused-ring (bicyclic) bond motifs is 13. The molecule has 416 valence electrons. The number of para-hydroxylation sites is 11. The lowest BCUT2D eigenvalue weighted by molar-refractivity contribution is 0.408. The summed E-state index contributed by atoms with van der Waals surface area (Å²) in [4.78, 5) is 11.8. The third kappa shape index (κ3) is 7.45. The van der Waals surface area contributed by atoms with Crippen molar-refractivity contribution in [2.75, 3.05) is 24.5 Å². The predicted octanol–water partition coefficient (Wildman–Crippen LogP) is 17.1. The maximum Gasteiger partial charge on any atom is 0.256 e. The first-order valence-corrected chi connectivity index (χ1v) is 30.2. The molecule has 0 spiro atoms. The van der Waals surface area contributed by atoms with Crippen LogP contribution in [0.25, 0.3) is 0 Å². The van der Waals surface area contributed by atoms with Gasteiger partial charge in [0.25, 0.3) is 13.4 Å². The predicted molar refractivity (Wildman–Crippen MR) is 362 cm³/mol. The Morgan fingerprint density at radius 2 is 0.652 bits per heavy atom. The van der Waals surface area contributed by atoms with Crippen molar-refractivity contribution in [1.82, 2.24) is 0 Å². The van der Waals surface area contributed by atoms with Gasteiger partial charge in [-0.3, -0.25) is 4.90 Å². The normalized spacial score (nSPS) is 13.4. The molecule has 0 atom stereocenters.